The number of nitrogens with one attached hydrogen (secondary N) is 1. The number of H-pyrrole nitrogens is 1. The summed E-state index contributed by atoms with van der Waals surface area (Å²) in [6, 6.07) is 9.95. The van der Waals surface area contributed by atoms with Gasteiger partial charge in [-0.2, -0.15) is 5.10 Å². The molecule has 3 atom stereocenters. The number of rotatable bonds is 5. The maximum atomic E-state index is 13.0. The molecular weight excluding hydrogens is 330 g/mol. The molecule has 26 heavy (non-hydrogen) atoms. The topological polar surface area (TPSA) is 75.3 Å². The van der Waals surface area contributed by atoms with Crippen molar-refractivity contribution >= 4 is 11.9 Å². The minimum atomic E-state index is -0.667. The fourth-order valence-corrected chi connectivity index (χ4v) is 4.72. The Balaban J connectivity index is 1.69. The average molecular weight is 353 g/mol. The zero-order chi connectivity index (χ0) is 18.1. The van der Waals surface area contributed by atoms with E-state index in [-0.39, 0.29) is 24.0 Å². The van der Waals surface area contributed by atoms with Crippen LogP contribution in [0.3, 0.4) is 0 Å². The van der Waals surface area contributed by atoms with Crippen LogP contribution in [-0.2, 0) is 16.0 Å². The minimum Gasteiger partial charge on any atom is -0.465 e. The predicted molar refractivity (Wildman–Crippen MR) is 95.4 cm³/mol. The smallest absolute Gasteiger partial charge is 0.314 e. The molecule has 2 saturated heterocycles. The summed E-state index contributed by atoms with van der Waals surface area (Å²) in [6.45, 7) is 2.18. The summed E-state index contributed by atoms with van der Waals surface area (Å²) in [5.41, 5.74) is 0.977. The van der Waals surface area contributed by atoms with E-state index >= 15 is 0 Å². The number of amides is 1. The number of esters is 1. The van der Waals surface area contributed by atoms with Crippen LogP contribution < -0.4 is 0 Å². The van der Waals surface area contributed by atoms with E-state index in [9.17, 15) is 9.59 Å². The van der Waals surface area contributed by atoms with Gasteiger partial charge in [0.05, 0.1) is 23.8 Å². The molecule has 0 saturated carbocycles. The maximum absolute atomic E-state index is 13.0. The van der Waals surface area contributed by atoms with E-state index in [0.717, 1.165) is 18.4 Å². The Bertz CT molecular complexity index is 790. The molecule has 0 unspecified atom stereocenters. The second-order valence-electron chi connectivity index (χ2n) is 7.19. The number of carbonyl (C=O) groups is 2. The van der Waals surface area contributed by atoms with Crippen LogP contribution in [0.15, 0.2) is 42.7 Å². The highest BCUT2D eigenvalue weighted by Crippen LogP contribution is 2.52. The maximum Gasteiger partial charge on any atom is 0.314 e. The van der Waals surface area contributed by atoms with Crippen LogP contribution in [0, 0.1) is 5.41 Å². The fraction of sp³-hybridized carbons (Fsp3) is 0.450. The molecule has 2 aliphatic rings. The largest absolute Gasteiger partial charge is 0.465 e. The van der Waals surface area contributed by atoms with Crippen molar-refractivity contribution in [2.45, 2.75) is 44.7 Å². The zero-order valence-corrected chi connectivity index (χ0v) is 14.9. The van der Waals surface area contributed by atoms with Crippen molar-refractivity contribution in [2.75, 3.05) is 6.61 Å². The summed E-state index contributed by atoms with van der Waals surface area (Å²) in [5, 5.41) is 6.59. The van der Waals surface area contributed by atoms with Gasteiger partial charge in [0.2, 0.25) is 0 Å². The van der Waals surface area contributed by atoms with E-state index < -0.39 is 5.41 Å². The highest BCUT2D eigenvalue weighted by molar-refractivity contribution is 5.95. The first kappa shape index (κ1) is 16.8. The number of fused-ring (bicyclic) bond motifs is 2. The van der Waals surface area contributed by atoms with E-state index in [0.29, 0.717) is 25.0 Å². The minimum absolute atomic E-state index is 0.0505. The van der Waals surface area contributed by atoms with Crippen LogP contribution in [0.4, 0.5) is 0 Å². The molecule has 2 bridgehead atoms. The van der Waals surface area contributed by atoms with Gasteiger partial charge in [0.1, 0.15) is 0 Å². The molecule has 0 aliphatic carbocycles. The third kappa shape index (κ3) is 2.60. The van der Waals surface area contributed by atoms with Gasteiger partial charge in [-0.15, -0.1) is 0 Å². The van der Waals surface area contributed by atoms with Gasteiger partial charge in [-0.1, -0.05) is 30.3 Å². The van der Waals surface area contributed by atoms with E-state index in [2.05, 4.69) is 10.2 Å². The third-order valence-electron chi connectivity index (χ3n) is 5.76. The second kappa shape index (κ2) is 6.59. The monoisotopic (exact) mass is 353 g/mol. The number of carbonyl (C=O) groups excluding carboxylic acids is 2. The molecule has 1 amide bonds. The lowest BCUT2D eigenvalue weighted by molar-refractivity contribution is -0.157. The number of hydrogen-bond acceptors (Lipinski definition) is 4. The summed E-state index contributed by atoms with van der Waals surface area (Å²) >= 11 is 0. The van der Waals surface area contributed by atoms with Crippen LogP contribution in [0.5, 0.6) is 0 Å². The van der Waals surface area contributed by atoms with Crippen molar-refractivity contribution in [2.24, 2.45) is 5.41 Å². The molecule has 3 heterocycles. The lowest BCUT2D eigenvalue weighted by atomic mass is 9.70. The summed E-state index contributed by atoms with van der Waals surface area (Å²) in [4.78, 5) is 27.9. The van der Waals surface area contributed by atoms with Crippen molar-refractivity contribution in [3.63, 3.8) is 0 Å². The molecule has 0 spiro atoms. The molecule has 2 fully saturated rings. The van der Waals surface area contributed by atoms with Gasteiger partial charge >= 0.3 is 5.97 Å². The van der Waals surface area contributed by atoms with Gasteiger partial charge in [0.25, 0.3) is 5.91 Å². The Labute approximate surface area is 152 Å². The van der Waals surface area contributed by atoms with Crippen molar-refractivity contribution < 1.29 is 14.3 Å². The third-order valence-corrected chi connectivity index (χ3v) is 5.76. The molecule has 2 aromatic rings. The highest BCUT2D eigenvalue weighted by Gasteiger charge is 2.62. The van der Waals surface area contributed by atoms with Crippen molar-refractivity contribution in [3.05, 3.63) is 53.9 Å². The van der Waals surface area contributed by atoms with Crippen LogP contribution in [-0.4, -0.2) is 45.7 Å². The molecule has 1 aromatic carbocycles. The molecule has 4 rings (SSSR count). The Morgan fingerprint density at radius 2 is 2.12 bits per heavy atom. The lowest BCUT2D eigenvalue weighted by Gasteiger charge is -2.35. The fourth-order valence-electron chi connectivity index (χ4n) is 4.72. The predicted octanol–water partition coefficient (Wildman–Crippen LogP) is 2.58. The Kier molecular flexibility index (Phi) is 4.26. The van der Waals surface area contributed by atoms with Crippen LogP contribution >= 0.6 is 0 Å². The lowest BCUT2D eigenvalue weighted by Crippen LogP contribution is -2.47. The van der Waals surface area contributed by atoms with E-state index in [1.165, 1.54) is 0 Å². The number of aromatic amines is 1. The first-order chi connectivity index (χ1) is 12.7. The first-order valence-electron chi connectivity index (χ1n) is 9.18. The van der Waals surface area contributed by atoms with Gasteiger partial charge in [-0.25, -0.2) is 0 Å². The van der Waals surface area contributed by atoms with Gasteiger partial charge in [0, 0.05) is 18.3 Å². The van der Waals surface area contributed by atoms with Gasteiger partial charge in [0.15, 0.2) is 0 Å². The van der Waals surface area contributed by atoms with E-state index in [1.54, 1.807) is 12.4 Å². The average Bonchev–Trinajstić information content (AvgIpc) is 3.38. The van der Waals surface area contributed by atoms with Crippen molar-refractivity contribution in [3.8, 4) is 0 Å². The Morgan fingerprint density at radius 1 is 1.31 bits per heavy atom. The number of hydrogen-bond donors (Lipinski definition) is 1. The van der Waals surface area contributed by atoms with Crippen molar-refractivity contribution in [1.29, 1.82) is 0 Å². The number of ether oxygens (including phenoxy) is 1. The van der Waals surface area contributed by atoms with E-state index in [1.807, 2.05) is 42.2 Å². The van der Waals surface area contributed by atoms with Gasteiger partial charge in [-0.05, 0) is 38.2 Å². The van der Waals surface area contributed by atoms with Crippen molar-refractivity contribution in [1.82, 2.24) is 15.1 Å². The Hall–Kier alpha value is -2.63. The zero-order valence-electron chi connectivity index (χ0n) is 14.9. The van der Waals surface area contributed by atoms with Gasteiger partial charge in [-0.3, -0.25) is 14.7 Å². The summed E-state index contributed by atoms with van der Waals surface area (Å²) in [7, 11) is 0. The summed E-state index contributed by atoms with van der Waals surface area (Å²) in [5.74, 6) is -0.230. The molecule has 0 radical (unpaired) electrons. The van der Waals surface area contributed by atoms with E-state index in [4.69, 9.17) is 4.74 Å². The molecule has 2 aliphatic heterocycles. The highest BCUT2D eigenvalue weighted by atomic mass is 16.5. The standard InChI is InChI=1S/C20H23N3O3/c1-2-26-19(25)20(10-14-6-4-3-5-7-14)11-16-8-9-17(20)23(16)18(24)15-12-21-22-13-15/h3-7,12-13,16-17H,2,8-11H2,1H3,(H,21,22)/t16-,17+,20+/m1/s1. The number of nitrogens with zero attached hydrogens (tertiary/aromatic N) is 2. The second-order valence-corrected chi connectivity index (χ2v) is 7.19. The Morgan fingerprint density at radius 3 is 2.81 bits per heavy atom. The molecule has 136 valence electrons. The summed E-state index contributed by atoms with van der Waals surface area (Å²) in [6.07, 6.45) is 6.19. The molecular formula is C20H23N3O3. The van der Waals surface area contributed by atoms with Crippen LogP contribution in [0.1, 0.15) is 42.1 Å². The van der Waals surface area contributed by atoms with Crippen LogP contribution in [0.25, 0.3) is 0 Å². The summed E-state index contributed by atoms with van der Waals surface area (Å²) < 4.78 is 5.48. The quantitative estimate of drug-likeness (QED) is 0.839. The van der Waals surface area contributed by atoms with Crippen LogP contribution in [0.2, 0.25) is 0 Å². The number of aromatic nitrogens is 2. The molecule has 6 heteroatoms. The molecule has 1 aromatic heterocycles. The normalized spacial score (nSPS) is 26.9. The van der Waals surface area contributed by atoms with Gasteiger partial charge < -0.3 is 9.64 Å². The SMILES string of the molecule is CCOC(=O)[C@@]1(Cc2ccccc2)C[C@H]2CC[C@@H]1N2C(=O)c1cn[nH]c1. The molecule has 6 nitrogen and oxygen atoms in total. The first-order valence-corrected chi connectivity index (χ1v) is 9.18. The number of benzene rings is 1. The molecule has 1 N–H and O–H groups in total.